The first-order chi connectivity index (χ1) is 16.5. The van der Waals surface area contributed by atoms with E-state index in [-0.39, 0.29) is 0 Å². The molecule has 0 saturated heterocycles. The molecule has 172 valence electrons. The van der Waals surface area contributed by atoms with Gasteiger partial charge in [-0.05, 0) is 67.3 Å². The molecule has 0 fully saturated rings. The van der Waals surface area contributed by atoms with Crippen LogP contribution in [-0.2, 0) is 0 Å². The van der Waals surface area contributed by atoms with Gasteiger partial charge in [0.15, 0.2) is 0 Å². The number of H-pyrrole nitrogens is 1. The third kappa shape index (κ3) is 5.01. The van der Waals surface area contributed by atoms with Gasteiger partial charge in [-0.1, -0.05) is 38.1 Å². The van der Waals surface area contributed by atoms with Crippen LogP contribution in [0, 0.1) is 25.2 Å². The van der Waals surface area contributed by atoms with Crippen molar-refractivity contribution in [3.63, 3.8) is 0 Å². The molecule has 0 aliphatic heterocycles. The summed E-state index contributed by atoms with van der Waals surface area (Å²) in [5.74, 6) is 0. The summed E-state index contributed by atoms with van der Waals surface area (Å²) < 4.78 is 2.32. The van der Waals surface area contributed by atoms with E-state index in [4.69, 9.17) is 0 Å². The van der Waals surface area contributed by atoms with Gasteiger partial charge >= 0.3 is 0 Å². The molecule has 0 unspecified atom stereocenters. The van der Waals surface area contributed by atoms with Gasteiger partial charge < -0.3 is 10.3 Å². The van der Waals surface area contributed by atoms with Gasteiger partial charge in [0.05, 0.1) is 11.3 Å². The maximum Gasteiger partial charge on any atom is 0.103 e. The Labute approximate surface area is 205 Å². The van der Waals surface area contributed by atoms with Crippen molar-refractivity contribution in [2.75, 3.05) is 18.4 Å². The highest BCUT2D eigenvalue weighted by molar-refractivity contribution is 7.97. The first-order valence-corrected chi connectivity index (χ1v) is 12.3. The number of nitrogens with zero attached hydrogens (tertiary/aromatic N) is 3. The van der Waals surface area contributed by atoms with Crippen LogP contribution in [0.15, 0.2) is 59.8 Å². The number of aromatic nitrogens is 2. The number of aromatic amines is 1. The summed E-state index contributed by atoms with van der Waals surface area (Å²) in [4.78, 5) is 8.94. The molecule has 2 heterocycles. The number of benzene rings is 2. The van der Waals surface area contributed by atoms with Crippen molar-refractivity contribution >= 4 is 46.4 Å². The highest BCUT2D eigenvalue weighted by Crippen LogP contribution is 2.32. The molecule has 5 nitrogen and oxygen atoms in total. The molecular formula is C28H29N5S. The van der Waals surface area contributed by atoms with Crippen LogP contribution in [0.25, 0.3) is 23.1 Å². The number of hydrogen-bond acceptors (Lipinski definition) is 5. The van der Waals surface area contributed by atoms with Crippen molar-refractivity contribution in [2.24, 2.45) is 0 Å². The fourth-order valence-corrected chi connectivity index (χ4v) is 4.73. The minimum Gasteiger partial charge on any atom is -0.361 e. The maximum atomic E-state index is 9.78. The summed E-state index contributed by atoms with van der Waals surface area (Å²) >= 11 is 1.78. The van der Waals surface area contributed by atoms with E-state index < -0.39 is 0 Å². The quantitative estimate of drug-likeness (QED) is 0.266. The molecule has 4 aromatic rings. The van der Waals surface area contributed by atoms with E-state index in [0.717, 1.165) is 57.8 Å². The number of fused-ring (bicyclic) bond motifs is 1. The third-order valence-corrected chi connectivity index (χ3v) is 7.22. The monoisotopic (exact) mass is 467 g/mol. The Balaban J connectivity index is 1.65. The zero-order valence-corrected chi connectivity index (χ0v) is 20.8. The van der Waals surface area contributed by atoms with E-state index in [0.29, 0.717) is 5.56 Å². The third-order valence-electron chi connectivity index (χ3n) is 5.96. The van der Waals surface area contributed by atoms with Gasteiger partial charge in [0, 0.05) is 58.2 Å². The SMILES string of the molecule is CCN(CC)Sc1ccc(/C=C/c2c(C)ncc(C#N)c2Nc2ccc3[nH]ccc3c2C)cc1. The van der Waals surface area contributed by atoms with E-state index >= 15 is 0 Å². The zero-order chi connectivity index (χ0) is 24.1. The summed E-state index contributed by atoms with van der Waals surface area (Å²) in [6, 6.07) is 17.0. The van der Waals surface area contributed by atoms with E-state index in [1.807, 2.05) is 25.3 Å². The summed E-state index contributed by atoms with van der Waals surface area (Å²) in [6.07, 6.45) is 7.70. The molecule has 2 aromatic carbocycles. The summed E-state index contributed by atoms with van der Waals surface area (Å²) in [5, 5.41) is 14.5. The molecule has 0 aliphatic carbocycles. The van der Waals surface area contributed by atoms with Crippen LogP contribution < -0.4 is 5.32 Å². The first kappa shape index (κ1) is 23.6. The van der Waals surface area contributed by atoms with Crippen LogP contribution in [0.4, 0.5) is 11.4 Å². The number of nitriles is 1. The van der Waals surface area contributed by atoms with Crippen molar-refractivity contribution in [1.29, 1.82) is 5.26 Å². The van der Waals surface area contributed by atoms with Gasteiger partial charge in [-0.3, -0.25) is 4.98 Å². The topological polar surface area (TPSA) is 67.7 Å². The normalized spacial score (nSPS) is 11.4. The first-order valence-electron chi connectivity index (χ1n) is 11.5. The molecule has 0 bridgehead atoms. The Hall–Kier alpha value is -3.53. The van der Waals surface area contributed by atoms with Gasteiger partial charge in [-0.15, -0.1) is 0 Å². The van der Waals surface area contributed by atoms with Crippen LogP contribution in [0.3, 0.4) is 0 Å². The number of pyridine rings is 1. The average Bonchev–Trinajstić information content (AvgIpc) is 3.34. The lowest BCUT2D eigenvalue weighted by atomic mass is 10.0. The molecule has 0 radical (unpaired) electrons. The lowest BCUT2D eigenvalue weighted by molar-refractivity contribution is 0.525. The molecule has 6 heteroatoms. The minimum atomic E-state index is 0.518. The van der Waals surface area contributed by atoms with Crippen LogP contribution in [0.5, 0.6) is 0 Å². The molecule has 0 atom stereocenters. The molecule has 0 spiro atoms. The Bertz CT molecular complexity index is 1360. The Morgan fingerprint density at radius 3 is 2.53 bits per heavy atom. The molecular weight excluding hydrogens is 438 g/mol. The Morgan fingerprint density at radius 1 is 1.06 bits per heavy atom. The van der Waals surface area contributed by atoms with E-state index in [1.54, 1.807) is 18.1 Å². The highest BCUT2D eigenvalue weighted by Gasteiger charge is 2.13. The Kier molecular flexibility index (Phi) is 7.36. The van der Waals surface area contributed by atoms with Crippen LogP contribution >= 0.6 is 11.9 Å². The molecule has 2 aromatic heterocycles. The standard InChI is InChI=1S/C28H29N5S/c1-5-33(6-2)34-23-10-7-21(8-11-23)9-12-25-20(4)31-18-22(17-29)28(25)32-26-13-14-27-24(19(26)3)15-16-30-27/h7-16,18,30H,5-6H2,1-4H3,(H,31,32)/b12-9+. The molecule has 4 rings (SSSR count). The van der Waals surface area contributed by atoms with Crippen molar-refractivity contribution in [2.45, 2.75) is 32.6 Å². The second kappa shape index (κ2) is 10.6. The minimum absolute atomic E-state index is 0.518. The van der Waals surface area contributed by atoms with Gasteiger partial charge in [-0.25, -0.2) is 4.31 Å². The van der Waals surface area contributed by atoms with E-state index in [9.17, 15) is 5.26 Å². The van der Waals surface area contributed by atoms with Crippen molar-refractivity contribution in [1.82, 2.24) is 14.3 Å². The van der Waals surface area contributed by atoms with Gasteiger partial charge in [0.25, 0.3) is 0 Å². The van der Waals surface area contributed by atoms with Crippen molar-refractivity contribution < 1.29 is 0 Å². The summed E-state index contributed by atoms with van der Waals surface area (Å²) in [7, 11) is 0. The molecule has 34 heavy (non-hydrogen) atoms. The molecule has 0 amide bonds. The fourth-order valence-electron chi connectivity index (χ4n) is 3.92. The summed E-state index contributed by atoms with van der Waals surface area (Å²) in [6.45, 7) is 10.4. The molecule has 0 saturated carbocycles. The summed E-state index contributed by atoms with van der Waals surface area (Å²) in [5.41, 5.74) is 7.37. The highest BCUT2D eigenvalue weighted by atomic mass is 32.2. The smallest absolute Gasteiger partial charge is 0.103 e. The van der Waals surface area contributed by atoms with Crippen molar-refractivity contribution in [3.05, 3.63) is 82.8 Å². The van der Waals surface area contributed by atoms with Gasteiger partial charge in [0.1, 0.15) is 6.07 Å². The fraction of sp³-hybridized carbons (Fsp3) is 0.214. The van der Waals surface area contributed by atoms with E-state index in [1.165, 1.54) is 4.90 Å². The maximum absolute atomic E-state index is 9.78. The van der Waals surface area contributed by atoms with Crippen molar-refractivity contribution in [3.8, 4) is 6.07 Å². The van der Waals surface area contributed by atoms with Crippen LogP contribution in [0.2, 0.25) is 0 Å². The second-order valence-electron chi connectivity index (χ2n) is 8.07. The largest absolute Gasteiger partial charge is 0.361 e. The predicted octanol–water partition coefficient (Wildman–Crippen LogP) is 7.31. The van der Waals surface area contributed by atoms with Crippen LogP contribution in [0.1, 0.15) is 41.8 Å². The lowest BCUT2D eigenvalue weighted by Gasteiger charge is -2.16. The van der Waals surface area contributed by atoms with E-state index in [2.05, 4.69) is 88.9 Å². The lowest BCUT2D eigenvalue weighted by Crippen LogP contribution is -2.13. The molecule has 0 aliphatic rings. The number of aryl methyl sites for hydroxylation is 2. The van der Waals surface area contributed by atoms with Gasteiger partial charge in [-0.2, -0.15) is 5.26 Å². The number of anilines is 2. The predicted molar refractivity (Wildman–Crippen MR) is 144 cm³/mol. The molecule has 2 N–H and O–H groups in total. The van der Waals surface area contributed by atoms with Crippen LogP contribution in [-0.4, -0.2) is 27.4 Å². The Morgan fingerprint density at radius 2 is 1.82 bits per heavy atom. The number of nitrogens with one attached hydrogen (secondary N) is 2. The average molecular weight is 468 g/mol. The van der Waals surface area contributed by atoms with Gasteiger partial charge in [0.2, 0.25) is 0 Å². The second-order valence-corrected chi connectivity index (χ2v) is 9.24. The number of rotatable bonds is 8. The zero-order valence-electron chi connectivity index (χ0n) is 20.0. The number of hydrogen-bond donors (Lipinski definition) is 2.